The molecule has 19 heavy (non-hydrogen) atoms. The van der Waals surface area contributed by atoms with Crippen molar-refractivity contribution >= 4 is 51.9 Å². The number of halogens is 1. The van der Waals surface area contributed by atoms with Crippen molar-refractivity contribution in [3.8, 4) is 0 Å². The van der Waals surface area contributed by atoms with E-state index < -0.39 is 5.91 Å². The summed E-state index contributed by atoms with van der Waals surface area (Å²) < 4.78 is 8.16. The van der Waals surface area contributed by atoms with E-state index in [9.17, 15) is 4.79 Å². The summed E-state index contributed by atoms with van der Waals surface area (Å²) in [6.45, 7) is 0. The van der Waals surface area contributed by atoms with Crippen molar-refractivity contribution in [3.05, 3.63) is 23.0 Å². The van der Waals surface area contributed by atoms with Crippen LogP contribution in [-0.4, -0.2) is 29.8 Å². The van der Waals surface area contributed by atoms with E-state index in [1.54, 1.807) is 12.1 Å². The van der Waals surface area contributed by atoms with Crippen LogP contribution < -0.4 is 11.1 Å². The lowest BCUT2D eigenvalue weighted by Crippen LogP contribution is -2.14. The summed E-state index contributed by atoms with van der Waals surface area (Å²) in [4.78, 5) is 15.7. The highest BCUT2D eigenvalue weighted by atomic mass is 35.5. The molecule has 0 saturated carbocycles. The summed E-state index contributed by atoms with van der Waals surface area (Å²) in [6, 6.07) is 3.36. The highest BCUT2D eigenvalue weighted by Gasteiger charge is 2.16. The molecule has 96 valence electrons. The number of hydrogen-bond acceptors (Lipinski definition) is 7. The van der Waals surface area contributed by atoms with Crippen molar-refractivity contribution in [2.45, 2.75) is 0 Å². The number of nitrogens with two attached hydrogens (primary N) is 1. The van der Waals surface area contributed by atoms with Gasteiger partial charge in [0.05, 0.1) is 22.4 Å². The van der Waals surface area contributed by atoms with Crippen molar-refractivity contribution in [1.29, 1.82) is 0 Å². The van der Waals surface area contributed by atoms with Crippen molar-refractivity contribution < 1.29 is 4.79 Å². The highest BCUT2D eigenvalue weighted by Crippen LogP contribution is 2.30. The van der Waals surface area contributed by atoms with Gasteiger partial charge in [0.2, 0.25) is 11.8 Å². The number of H-pyrrole nitrogens is 1. The Hall–Kier alpha value is -2.26. The number of nitrogens with zero attached hydrogens (tertiary/aromatic N) is 4. The van der Waals surface area contributed by atoms with E-state index in [0.717, 1.165) is 11.7 Å². The van der Waals surface area contributed by atoms with Gasteiger partial charge in [-0.05, 0) is 12.1 Å². The second-order valence-electron chi connectivity index (χ2n) is 3.55. The number of carbonyl (C=O) groups excluding carboxylic acids is 1. The summed E-state index contributed by atoms with van der Waals surface area (Å²) in [5.41, 5.74) is 6.90. The van der Waals surface area contributed by atoms with Gasteiger partial charge in [-0.25, -0.2) is 0 Å². The molecule has 0 aliphatic heterocycles. The van der Waals surface area contributed by atoms with E-state index in [2.05, 4.69) is 29.2 Å². The SMILES string of the molecule is Nc1n[nH]c(C(=O)Nc2c(Cl)ccc3nsnc23)n1. The molecule has 4 N–H and O–H groups in total. The van der Waals surface area contributed by atoms with Crippen LogP contribution in [0.25, 0.3) is 11.0 Å². The van der Waals surface area contributed by atoms with Gasteiger partial charge in [-0.1, -0.05) is 11.6 Å². The zero-order chi connectivity index (χ0) is 13.4. The Morgan fingerprint density at radius 1 is 1.42 bits per heavy atom. The third-order valence-corrected chi connectivity index (χ3v) is 3.19. The average Bonchev–Trinajstić information content (AvgIpc) is 3.01. The highest BCUT2D eigenvalue weighted by molar-refractivity contribution is 7.00. The minimum Gasteiger partial charge on any atom is -0.366 e. The van der Waals surface area contributed by atoms with Crippen LogP contribution in [0.4, 0.5) is 11.6 Å². The zero-order valence-corrected chi connectivity index (χ0v) is 10.8. The topological polar surface area (TPSA) is 122 Å². The first-order chi connectivity index (χ1) is 9.15. The second-order valence-corrected chi connectivity index (χ2v) is 4.49. The van der Waals surface area contributed by atoms with Crippen LogP contribution in [0, 0.1) is 0 Å². The number of aromatic amines is 1. The van der Waals surface area contributed by atoms with Crippen LogP contribution in [0.15, 0.2) is 12.1 Å². The molecule has 0 bridgehead atoms. The molecule has 0 aliphatic carbocycles. The van der Waals surface area contributed by atoms with E-state index in [4.69, 9.17) is 17.3 Å². The van der Waals surface area contributed by atoms with E-state index >= 15 is 0 Å². The predicted octanol–water partition coefficient (Wildman–Crippen LogP) is 1.30. The van der Waals surface area contributed by atoms with Crippen molar-refractivity contribution in [2.24, 2.45) is 0 Å². The third kappa shape index (κ3) is 2.09. The van der Waals surface area contributed by atoms with Crippen LogP contribution in [0.1, 0.15) is 10.6 Å². The molecule has 0 saturated heterocycles. The van der Waals surface area contributed by atoms with Crippen molar-refractivity contribution in [3.63, 3.8) is 0 Å². The number of nitrogens with one attached hydrogen (secondary N) is 2. The molecular formula is C9H6ClN7OS. The molecule has 8 nitrogen and oxygen atoms in total. The van der Waals surface area contributed by atoms with Gasteiger partial charge in [0.15, 0.2) is 0 Å². The lowest BCUT2D eigenvalue weighted by molar-refractivity contribution is 0.101. The molecule has 0 spiro atoms. The standard InChI is InChI=1S/C9H6ClN7OS/c10-3-1-2-4-6(17-19-16-4)5(3)12-8(18)7-13-9(11)15-14-7/h1-2H,(H,12,18)(H3,11,13,14,15). The quantitative estimate of drug-likeness (QED) is 0.655. The maximum absolute atomic E-state index is 11.9. The Balaban J connectivity index is 1.99. The number of aromatic nitrogens is 5. The van der Waals surface area contributed by atoms with E-state index in [1.807, 2.05) is 0 Å². The molecule has 0 aliphatic rings. The van der Waals surface area contributed by atoms with Crippen molar-refractivity contribution in [2.75, 3.05) is 11.1 Å². The molecule has 1 aromatic carbocycles. The lowest BCUT2D eigenvalue weighted by Gasteiger charge is -2.05. The van der Waals surface area contributed by atoms with Crippen molar-refractivity contribution in [1.82, 2.24) is 23.9 Å². The fraction of sp³-hybridized carbons (Fsp3) is 0. The summed E-state index contributed by atoms with van der Waals surface area (Å²) in [6.07, 6.45) is 0. The lowest BCUT2D eigenvalue weighted by atomic mass is 10.2. The van der Waals surface area contributed by atoms with Gasteiger partial charge in [-0.15, -0.1) is 5.10 Å². The van der Waals surface area contributed by atoms with Gasteiger partial charge in [-0.3, -0.25) is 9.89 Å². The summed E-state index contributed by atoms with van der Waals surface area (Å²) in [5.74, 6) is -0.523. The van der Waals surface area contributed by atoms with Crippen LogP contribution in [0.2, 0.25) is 5.02 Å². The molecule has 0 radical (unpaired) electrons. The summed E-state index contributed by atoms with van der Waals surface area (Å²) in [7, 11) is 0. The largest absolute Gasteiger partial charge is 0.366 e. The monoisotopic (exact) mass is 295 g/mol. The Bertz CT molecular complexity index is 767. The van der Waals surface area contributed by atoms with Crippen LogP contribution in [-0.2, 0) is 0 Å². The smallest absolute Gasteiger partial charge is 0.293 e. The Kier molecular flexibility index (Phi) is 2.76. The van der Waals surface area contributed by atoms with Crippen LogP contribution >= 0.6 is 23.3 Å². The summed E-state index contributed by atoms with van der Waals surface area (Å²) >= 11 is 7.09. The van der Waals surface area contributed by atoms with Gasteiger partial charge in [0, 0.05) is 0 Å². The first-order valence-electron chi connectivity index (χ1n) is 5.05. The molecule has 0 fully saturated rings. The number of carbonyl (C=O) groups is 1. The van der Waals surface area contributed by atoms with Gasteiger partial charge in [-0.2, -0.15) is 13.7 Å². The van der Waals surface area contributed by atoms with Gasteiger partial charge >= 0.3 is 0 Å². The Morgan fingerprint density at radius 3 is 3.00 bits per heavy atom. The van der Waals surface area contributed by atoms with E-state index in [-0.39, 0.29) is 11.8 Å². The average molecular weight is 296 g/mol. The van der Waals surface area contributed by atoms with Crippen LogP contribution in [0.3, 0.4) is 0 Å². The molecule has 2 heterocycles. The summed E-state index contributed by atoms with van der Waals surface area (Å²) in [5, 5.41) is 8.96. The predicted molar refractivity (Wildman–Crippen MR) is 71.2 cm³/mol. The first kappa shape index (κ1) is 11.8. The van der Waals surface area contributed by atoms with E-state index in [1.165, 1.54) is 0 Å². The minimum atomic E-state index is -0.508. The van der Waals surface area contributed by atoms with E-state index in [0.29, 0.717) is 21.7 Å². The Labute approximate surface area is 115 Å². The van der Waals surface area contributed by atoms with Gasteiger partial charge < -0.3 is 11.1 Å². The molecule has 1 amide bonds. The molecule has 0 atom stereocenters. The number of amides is 1. The molecular weight excluding hydrogens is 290 g/mol. The number of nitrogen functional groups attached to an aromatic ring is 1. The number of hydrogen-bond donors (Lipinski definition) is 3. The third-order valence-electron chi connectivity index (χ3n) is 2.33. The molecule has 3 rings (SSSR count). The fourth-order valence-electron chi connectivity index (χ4n) is 1.49. The molecule has 10 heteroatoms. The Morgan fingerprint density at radius 2 is 2.26 bits per heavy atom. The molecule has 3 aromatic rings. The van der Waals surface area contributed by atoms with Gasteiger partial charge in [0.25, 0.3) is 5.91 Å². The maximum atomic E-state index is 11.9. The number of anilines is 2. The van der Waals surface area contributed by atoms with Crippen LogP contribution in [0.5, 0.6) is 0 Å². The zero-order valence-electron chi connectivity index (χ0n) is 9.22. The number of fused-ring (bicyclic) bond motifs is 1. The van der Waals surface area contributed by atoms with Gasteiger partial charge in [0.1, 0.15) is 11.0 Å². The second kappa shape index (κ2) is 4.44. The first-order valence-corrected chi connectivity index (χ1v) is 6.16. The normalized spacial score (nSPS) is 10.8. The molecule has 0 unspecified atom stereocenters. The number of benzene rings is 1. The fourth-order valence-corrected chi connectivity index (χ4v) is 2.24. The number of rotatable bonds is 2. The minimum absolute atomic E-state index is 0.00578. The molecule has 2 aromatic heterocycles. The maximum Gasteiger partial charge on any atom is 0.293 e.